The highest BCUT2D eigenvalue weighted by molar-refractivity contribution is 7.15. The third-order valence-corrected chi connectivity index (χ3v) is 3.95. The highest BCUT2D eigenvalue weighted by atomic mass is 32.1. The van der Waals surface area contributed by atoms with E-state index in [0.29, 0.717) is 17.3 Å². The van der Waals surface area contributed by atoms with E-state index in [1.54, 1.807) is 11.6 Å². The number of nitrogens with one attached hydrogen (secondary N) is 1. The summed E-state index contributed by atoms with van der Waals surface area (Å²) in [4.78, 5) is 15.6. The molecule has 1 saturated heterocycles. The maximum atomic E-state index is 11.1. The minimum Gasteiger partial charge on any atom is -0.378 e. The predicted octanol–water partition coefficient (Wildman–Crippen LogP) is 2.29. The van der Waals surface area contributed by atoms with Crippen LogP contribution in [-0.2, 0) is 4.74 Å². The monoisotopic (exact) mass is 282 g/mol. The summed E-state index contributed by atoms with van der Waals surface area (Å²) >= 11 is 1.38. The summed E-state index contributed by atoms with van der Waals surface area (Å²) in [6, 6.07) is 0. The third kappa shape index (κ3) is 2.41. The molecule has 0 aromatic carbocycles. The fraction of sp³-hybridized carbons (Fsp3) is 0.545. The summed E-state index contributed by atoms with van der Waals surface area (Å²) in [5.41, 5.74) is 0. The number of nitrogens with zero attached hydrogens (tertiary/aromatic N) is 3. The molecule has 7 nitrogen and oxygen atoms in total. The SMILES string of the molecule is O=[N+]([O-])c1c(NCC[C@H]2CCCO2)nc2sccn12. The molecule has 1 fully saturated rings. The number of ether oxygens (including phenoxy) is 1. The molecule has 1 aliphatic heterocycles. The molecule has 1 aliphatic rings. The van der Waals surface area contributed by atoms with E-state index in [1.807, 2.05) is 0 Å². The average molecular weight is 282 g/mol. The van der Waals surface area contributed by atoms with Gasteiger partial charge in [-0.1, -0.05) is 11.3 Å². The van der Waals surface area contributed by atoms with Crippen molar-refractivity contribution < 1.29 is 9.66 Å². The van der Waals surface area contributed by atoms with Crippen LogP contribution in [0.15, 0.2) is 11.6 Å². The molecule has 0 aliphatic carbocycles. The van der Waals surface area contributed by atoms with E-state index in [1.165, 1.54) is 15.7 Å². The fourth-order valence-electron chi connectivity index (χ4n) is 2.29. The van der Waals surface area contributed by atoms with Crippen LogP contribution in [0.2, 0.25) is 0 Å². The first kappa shape index (κ1) is 12.4. The van der Waals surface area contributed by atoms with Crippen molar-refractivity contribution >= 4 is 27.9 Å². The predicted molar refractivity (Wildman–Crippen MR) is 71.8 cm³/mol. The minimum atomic E-state index is -0.402. The quantitative estimate of drug-likeness (QED) is 0.672. The van der Waals surface area contributed by atoms with Crippen molar-refractivity contribution in [1.29, 1.82) is 0 Å². The van der Waals surface area contributed by atoms with E-state index < -0.39 is 4.92 Å². The fourth-order valence-corrected chi connectivity index (χ4v) is 3.00. The van der Waals surface area contributed by atoms with Gasteiger partial charge in [0.05, 0.1) is 6.10 Å². The lowest BCUT2D eigenvalue weighted by Crippen LogP contribution is -2.13. The van der Waals surface area contributed by atoms with Gasteiger partial charge < -0.3 is 20.2 Å². The molecule has 3 heterocycles. The van der Waals surface area contributed by atoms with Gasteiger partial charge in [0.25, 0.3) is 4.96 Å². The second-order valence-electron chi connectivity index (χ2n) is 4.45. The molecule has 0 bridgehead atoms. The largest absolute Gasteiger partial charge is 0.378 e. The first-order valence-corrected chi connectivity index (χ1v) is 7.09. The van der Waals surface area contributed by atoms with Crippen LogP contribution in [0.3, 0.4) is 0 Å². The molecule has 2 aromatic rings. The molecule has 2 aromatic heterocycles. The number of thiazole rings is 1. The lowest BCUT2D eigenvalue weighted by Gasteiger charge is -2.09. The van der Waals surface area contributed by atoms with Crippen molar-refractivity contribution in [2.24, 2.45) is 0 Å². The van der Waals surface area contributed by atoms with Gasteiger partial charge >= 0.3 is 5.82 Å². The molecule has 102 valence electrons. The summed E-state index contributed by atoms with van der Waals surface area (Å²) in [7, 11) is 0. The van der Waals surface area contributed by atoms with Gasteiger partial charge in [-0.25, -0.2) is 0 Å². The Labute approximate surface area is 113 Å². The molecule has 0 amide bonds. The Bertz CT molecular complexity index is 588. The van der Waals surface area contributed by atoms with Gasteiger partial charge in [-0.2, -0.15) is 9.38 Å². The summed E-state index contributed by atoms with van der Waals surface area (Å²) in [5, 5.41) is 15.9. The van der Waals surface area contributed by atoms with Gasteiger partial charge in [0.2, 0.25) is 5.82 Å². The first-order chi connectivity index (χ1) is 9.25. The zero-order valence-electron chi connectivity index (χ0n) is 10.2. The van der Waals surface area contributed by atoms with Crippen LogP contribution in [0.25, 0.3) is 4.96 Å². The lowest BCUT2D eigenvalue weighted by atomic mass is 10.2. The number of imidazole rings is 1. The molecular weight excluding hydrogens is 268 g/mol. The summed E-state index contributed by atoms with van der Waals surface area (Å²) in [6.07, 6.45) is 4.96. The van der Waals surface area contributed by atoms with E-state index in [0.717, 1.165) is 25.9 Å². The van der Waals surface area contributed by atoms with Crippen molar-refractivity contribution in [3.05, 3.63) is 21.7 Å². The second kappa shape index (κ2) is 5.14. The number of rotatable bonds is 5. The van der Waals surface area contributed by atoms with Crippen LogP contribution < -0.4 is 5.32 Å². The molecule has 1 atom stereocenters. The molecule has 8 heteroatoms. The van der Waals surface area contributed by atoms with Crippen molar-refractivity contribution in [1.82, 2.24) is 9.38 Å². The standard InChI is InChI=1S/C11H14N4O3S/c16-15(17)10-9(13-11-14(10)5-7-19-11)12-4-3-8-2-1-6-18-8/h5,7-8,12H,1-4,6H2/t8-/m1/s1. The van der Waals surface area contributed by atoms with Crippen LogP contribution in [-0.4, -0.2) is 33.6 Å². The lowest BCUT2D eigenvalue weighted by molar-refractivity contribution is -0.389. The van der Waals surface area contributed by atoms with Gasteiger partial charge in [0, 0.05) is 18.5 Å². The first-order valence-electron chi connectivity index (χ1n) is 6.21. The number of anilines is 1. The highest BCUT2D eigenvalue weighted by Gasteiger charge is 2.23. The Balaban J connectivity index is 1.70. The maximum absolute atomic E-state index is 11.1. The molecule has 0 saturated carbocycles. The van der Waals surface area contributed by atoms with Crippen LogP contribution in [0.4, 0.5) is 11.6 Å². The van der Waals surface area contributed by atoms with Crippen LogP contribution >= 0.6 is 11.3 Å². The van der Waals surface area contributed by atoms with E-state index in [2.05, 4.69) is 10.3 Å². The van der Waals surface area contributed by atoms with Gasteiger partial charge in [-0.3, -0.25) is 0 Å². The van der Waals surface area contributed by atoms with Gasteiger partial charge in [0.15, 0.2) is 0 Å². The summed E-state index contributed by atoms with van der Waals surface area (Å²) in [5.74, 6) is 0.346. The Morgan fingerprint density at radius 2 is 2.58 bits per heavy atom. The third-order valence-electron chi connectivity index (χ3n) is 3.19. The van der Waals surface area contributed by atoms with Crippen LogP contribution in [0, 0.1) is 10.1 Å². The molecule has 0 spiro atoms. The Kier molecular flexibility index (Phi) is 3.34. The average Bonchev–Trinajstić information content (AvgIpc) is 3.02. The maximum Gasteiger partial charge on any atom is 0.372 e. The van der Waals surface area contributed by atoms with Gasteiger partial charge in [0.1, 0.15) is 6.20 Å². The zero-order chi connectivity index (χ0) is 13.2. The Morgan fingerprint density at radius 1 is 1.68 bits per heavy atom. The number of aromatic nitrogens is 2. The van der Waals surface area contributed by atoms with E-state index >= 15 is 0 Å². The van der Waals surface area contributed by atoms with E-state index in [4.69, 9.17) is 4.74 Å². The van der Waals surface area contributed by atoms with Crippen LogP contribution in [0.1, 0.15) is 19.3 Å². The number of hydrogen-bond donors (Lipinski definition) is 1. The van der Waals surface area contributed by atoms with Gasteiger partial charge in [-0.15, -0.1) is 0 Å². The Hall–Kier alpha value is -1.67. The highest BCUT2D eigenvalue weighted by Crippen LogP contribution is 2.28. The molecular formula is C11H14N4O3S. The molecule has 19 heavy (non-hydrogen) atoms. The molecule has 3 rings (SSSR count). The summed E-state index contributed by atoms with van der Waals surface area (Å²) in [6.45, 7) is 1.46. The molecule has 0 unspecified atom stereocenters. The summed E-state index contributed by atoms with van der Waals surface area (Å²) < 4.78 is 7.01. The van der Waals surface area contributed by atoms with Gasteiger partial charge in [-0.05, 0) is 24.2 Å². The van der Waals surface area contributed by atoms with Crippen molar-refractivity contribution in [3.63, 3.8) is 0 Å². The van der Waals surface area contributed by atoms with E-state index in [9.17, 15) is 10.1 Å². The van der Waals surface area contributed by atoms with Crippen molar-refractivity contribution in [2.45, 2.75) is 25.4 Å². The normalized spacial score (nSPS) is 19.1. The second-order valence-corrected chi connectivity index (χ2v) is 5.32. The Morgan fingerprint density at radius 3 is 3.32 bits per heavy atom. The number of nitro groups is 1. The topological polar surface area (TPSA) is 81.7 Å². The molecule has 0 radical (unpaired) electrons. The van der Waals surface area contributed by atoms with Crippen molar-refractivity contribution in [2.75, 3.05) is 18.5 Å². The number of fused-ring (bicyclic) bond motifs is 1. The smallest absolute Gasteiger partial charge is 0.372 e. The minimum absolute atomic E-state index is 0.00332. The van der Waals surface area contributed by atoms with E-state index in [-0.39, 0.29) is 11.9 Å². The van der Waals surface area contributed by atoms with Crippen LogP contribution in [0.5, 0.6) is 0 Å². The van der Waals surface area contributed by atoms with Crippen molar-refractivity contribution in [3.8, 4) is 0 Å². The zero-order valence-corrected chi connectivity index (χ0v) is 11.1. The molecule has 1 N–H and O–H groups in total. The number of hydrogen-bond acceptors (Lipinski definition) is 6.